The predicted octanol–water partition coefficient (Wildman–Crippen LogP) is 6.41. The van der Waals surface area contributed by atoms with Gasteiger partial charge in [-0.1, -0.05) is 59.2 Å². The molecule has 1 N–H and O–H groups in total. The Bertz CT molecular complexity index is 856. The van der Waals surface area contributed by atoms with Crippen molar-refractivity contribution in [2.75, 3.05) is 12.4 Å². The molecule has 2 aromatic carbocycles. The molecule has 0 aliphatic heterocycles. The zero-order chi connectivity index (χ0) is 18.4. The van der Waals surface area contributed by atoms with Crippen LogP contribution in [0, 0.1) is 0 Å². The lowest BCUT2D eigenvalue weighted by atomic mass is 10.2. The van der Waals surface area contributed by atoms with E-state index < -0.39 is 0 Å². The van der Waals surface area contributed by atoms with E-state index >= 15 is 0 Å². The van der Waals surface area contributed by atoms with Crippen molar-refractivity contribution in [3.63, 3.8) is 0 Å². The Labute approximate surface area is 171 Å². The van der Waals surface area contributed by atoms with Gasteiger partial charge in [0.2, 0.25) is 0 Å². The van der Waals surface area contributed by atoms with Gasteiger partial charge in [0.05, 0.1) is 5.69 Å². The van der Waals surface area contributed by atoms with Gasteiger partial charge in [0.15, 0.2) is 5.16 Å². The summed E-state index contributed by atoms with van der Waals surface area (Å²) >= 11 is 15.8. The minimum Gasteiger partial charge on any atom is -0.373 e. The normalized spacial score (nSPS) is 10.7. The van der Waals surface area contributed by atoms with Gasteiger partial charge in [-0.15, -0.1) is 11.8 Å². The minimum atomic E-state index is 0.622. The van der Waals surface area contributed by atoms with Crippen LogP contribution in [0.3, 0.4) is 0 Å². The fourth-order valence-electron chi connectivity index (χ4n) is 2.22. The molecule has 26 heavy (non-hydrogen) atoms. The van der Waals surface area contributed by atoms with Gasteiger partial charge in [-0.25, -0.2) is 9.97 Å². The summed E-state index contributed by atoms with van der Waals surface area (Å²) in [5.74, 6) is 2.20. The third kappa shape index (κ3) is 5.30. The maximum absolute atomic E-state index is 6.25. The van der Waals surface area contributed by atoms with Gasteiger partial charge in [0.1, 0.15) is 5.82 Å². The van der Waals surface area contributed by atoms with Crippen molar-refractivity contribution in [3.05, 3.63) is 75.9 Å². The SMILES string of the molecule is CNc1cc(CSc2ccccc2)nc(SCc2c(Cl)cccc2Cl)n1. The Morgan fingerprint density at radius 3 is 2.31 bits per heavy atom. The lowest BCUT2D eigenvalue weighted by molar-refractivity contribution is 0.928. The molecule has 0 amide bonds. The monoisotopic (exact) mass is 421 g/mol. The van der Waals surface area contributed by atoms with E-state index in [2.05, 4.69) is 27.4 Å². The number of halogens is 2. The van der Waals surface area contributed by atoms with E-state index in [1.165, 1.54) is 16.7 Å². The fraction of sp³-hybridized carbons (Fsp3) is 0.158. The lowest BCUT2D eigenvalue weighted by Crippen LogP contribution is -2.00. The molecule has 7 heteroatoms. The highest BCUT2D eigenvalue weighted by Gasteiger charge is 2.10. The molecule has 0 saturated carbocycles. The fourth-order valence-corrected chi connectivity index (χ4v) is 4.65. The van der Waals surface area contributed by atoms with Crippen LogP contribution in [0.15, 0.2) is 64.6 Å². The molecule has 0 saturated heterocycles. The number of nitrogens with one attached hydrogen (secondary N) is 1. The van der Waals surface area contributed by atoms with E-state index in [9.17, 15) is 0 Å². The van der Waals surface area contributed by atoms with E-state index in [1.807, 2.05) is 49.5 Å². The maximum Gasteiger partial charge on any atom is 0.190 e. The first-order valence-electron chi connectivity index (χ1n) is 7.95. The smallest absolute Gasteiger partial charge is 0.190 e. The Kier molecular flexibility index (Phi) is 7.08. The zero-order valence-electron chi connectivity index (χ0n) is 14.1. The van der Waals surface area contributed by atoms with E-state index in [0.717, 1.165) is 22.8 Å². The van der Waals surface area contributed by atoms with Crippen molar-refractivity contribution >= 4 is 52.5 Å². The second-order valence-electron chi connectivity index (χ2n) is 5.37. The van der Waals surface area contributed by atoms with Gasteiger partial charge in [-0.3, -0.25) is 0 Å². The molecule has 134 valence electrons. The summed E-state index contributed by atoms with van der Waals surface area (Å²) in [4.78, 5) is 10.4. The molecule has 3 rings (SSSR count). The number of aromatic nitrogens is 2. The van der Waals surface area contributed by atoms with Crippen molar-refractivity contribution in [1.82, 2.24) is 9.97 Å². The summed E-state index contributed by atoms with van der Waals surface area (Å²) in [6, 6.07) is 17.8. The highest BCUT2D eigenvalue weighted by atomic mass is 35.5. The molecule has 3 nitrogen and oxygen atoms in total. The second-order valence-corrected chi connectivity index (χ2v) is 8.17. The van der Waals surface area contributed by atoms with E-state index in [-0.39, 0.29) is 0 Å². The summed E-state index contributed by atoms with van der Waals surface area (Å²) in [6.45, 7) is 0. The molecule has 0 bridgehead atoms. The second kappa shape index (κ2) is 9.51. The summed E-state index contributed by atoms with van der Waals surface area (Å²) in [5.41, 5.74) is 1.88. The molecule has 0 spiro atoms. The Hall–Kier alpha value is -1.40. The largest absolute Gasteiger partial charge is 0.373 e. The number of hydrogen-bond donors (Lipinski definition) is 1. The first kappa shape index (κ1) is 19.4. The van der Waals surface area contributed by atoms with Crippen LogP contribution in [0.4, 0.5) is 5.82 Å². The predicted molar refractivity (Wildman–Crippen MR) is 114 cm³/mol. The molecule has 0 radical (unpaired) electrons. The number of rotatable bonds is 7. The zero-order valence-corrected chi connectivity index (χ0v) is 17.2. The maximum atomic E-state index is 6.25. The molecular weight excluding hydrogens is 405 g/mol. The first-order valence-corrected chi connectivity index (χ1v) is 10.7. The van der Waals surface area contributed by atoms with E-state index in [1.54, 1.807) is 11.8 Å². The quantitative estimate of drug-likeness (QED) is 0.352. The standard InChI is InChI=1S/C19H17Cl2N3S2/c1-22-18-10-13(11-25-14-6-3-2-4-7-14)23-19(24-18)26-12-15-16(20)8-5-9-17(15)21/h2-10H,11-12H2,1H3,(H,22,23,24). The van der Waals surface area contributed by atoms with Gasteiger partial charge in [0, 0.05) is 39.6 Å². The van der Waals surface area contributed by atoms with Gasteiger partial charge in [-0.05, 0) is 29.8 Å². The van der Waals surface area contributed by atoms with Crippen LogP contribution in [0.5, 0.6) is 0 Å². The number of thioether (sulfide) groups is 2. The van der Waals surface area contributed by atoms with E-state index in [4.69, 9.17) is 23.2 Å². The molecule has 1 heterocycles. The van der Waals surface area contributed by atoms with Crippen LogP contribution in [0.2, 0.25) is 10.0 Å². The average molecular weight is 422 g/mol. The Morgan fingerprint density at radius 1 is 0.885 bits per heavy atom. The van der Waals surface area contributed by atoms with Gasteiger partial charge in [-0.2, -0.15) is 0 Å². The topological polar surface area (TPSA) is 37.8 Å². The van der Waals surface area contributed by atoms with Crippen LogP contribution in [-0.4, -0.2) is 17.0 Å². The number of hydrogen-bond acceptors (Lipinski definition) is 5. The van der Waals surface area contributed by atoms with Crippen LogP contribution in [0.25, 0.3) is 0 Å². The summed E-state index contributed by atoms with van der Waals surface area (Å²) in [7, 11) is 1.86. The van der Waals surface area contributed by atoms with Crippen molar-refractivity contribution in [2.24, 2.45) is 0 Å². The van der Waals surface area contributed by atoms with Crippen LogP contribution in [0.1, 0.15) is 11.3 Å². The molecule has 0 aliphatic carbocycles. The number of nitrogens with zero attached hydrogens (tertiary/aromatic N) is 2. The van der Waals surface area contributed by atoms with Gasteiger partial charge in [0.25, 0.3) is 0 Å². The lowest BCUT2D eigenvalue weighted by Gasteiger charge is -2.09. The summed E-state index contributed by atoms with van der Waals surface area (Å²) in [6.07, 6.45) is 0. The summed E-state index contributed by atoms with van der Waals surface area (Å²) < 4.78 is 0. The van der Waals surface area contributed by atoms with Crippen LogP contribution in [-0.2, 0) is 11.5 Å². The van der Waals surface area contributed by atoms with Gasteiger partial charge >= 0.3 is 0 Å². The molecule has 0 unspecified atom stereocenters. The third-order valence-electron chi connectivity index (χ3n) is 3.55. The molecule has 0 atom stereocenters. The van der Waals surface area contributed by atoms with Gasteiger partial charge < -0.3 is 5.32 Å². The number of benzene rings is 2. The van der Waals surface area contributed by atoms with E-state index in [0.29, 0.717) is 21.0 Å². The Balaban J connectivity index is 1.72. The third-order valence-corrected chi connectivity index (χ3v) is 6.18. The molecular formula is C19H17Cl2N3S2. The molecule has 0 fully saturated rings. The summed E-state index contributed by atoms with van der Waals surface area (Å²) in [5, 5.41) is 5.13. The average Bonchev–Trinajstić information content (AvgIpc) is 2.66. The first-order chi connectivity index (χ1) is 12.7. The van der Waals surface area contributed by atoms with Crippen LogP contribution >= 0.6 is 46.7 Å². The Morgan fingerprint density at radius 2 is 1.62 bits per heavy atom. The number of anilines is 1. The highest BCUT2D eigenvalue weighted by molar-refractivity contribution is 7.98. The molecule has 1 aromatic heterocycles. The van der Waals surface area contributed by atoms with Crippen LogP contribution < -0.4 is 5.32 Å². The minimum absolute atomic E-state index is 0.622. The van der Waals surface area contributed by atoms with Crippen molar-refractivity contribution in [3.8, 4) is 0 Å². The van der Waals surface area contributed by atoms with Crippen molar-refractivity contribution in [1.29, 1.82) is 0 Å². The van der Waals surface area contributed by atoms with Crippen molar-refractivity contribution < 1.29 is 0 Å². The highest BCUT2D eigenvalue weighted by Crippen LogP contribution is 2.31. The molecule has 3 aromatic rings. The van der Waals surface area contributed by atoms with Crippen molar-refractivity contribution in [2.45, 2.75) is 21.6 Å². The molecule has 0 aliphatic rings.